The number of carbonyl (C=O) groups is 4. The highest BCUT2D eigenvalue weighted by molar-refractivity contribution is 6.35. The van der Waals surface area contributed by atoms with Crippen LogP contribution in [0, 0.1) is 13.8 Å². The third kappa shape index (κ3) is 7.10. The van der Waals surface area contributed by atoms with Crippen LogP contribution in [0.15, 0.2) is 18.2 Å². The molecule has 0 atom stereocenters. The number of aryl methyl sites for hydroxylation is 1. The third-order valence-corrected chi connectivity index (χ3v) is 6.63. The van der Waals surface area contributed by atoms with E-state index in [0.29, 0.717) is 58.9 Å². The Bertz CT molecular complexity index is 1240. The maximum Gasteiger partial charge on any atom is 0.311 e. The van der Waals surface area contributed by atoms with E-state index in [4.69, 9.17) is 9.84 Å². The SMILES string of the molecule is CCN(CC)CCNC(=O)c1c(C)[nH]c(/C=C2\C(=O)Nc3ccc(OC(=O)CCCCC(=O)O)cc32)c1C. The summed E-state index contributed by atoms with van der Waals surface area (Å²) in [5.41, 5.74) is 4.22. The number of carboxylic acid groups (broad SMARTS) is 1. The fourth-order valence-corrected chi connectivity index (χ4v) is 4.46. The van der Waals surface area contributed by atoms with Gasteiger partial charge in [-0.3, -0.25) is 19.2 Å². The van der Waals surface area contributed by atoms with Crippen LogP contribution < -0.4 is 15.4 Å². The zero-order valence-corrected chi connectivity index (χ0v) is 22.4. The Labute approximate surface area is 222 Å². The number of hydrogen-bond acceptors (Lipinski definition) is 6. The molecule has 0 fully saturated rings. The first kappa shape index (κ1) is 28.6. The maximum absolute atomic E-state index is 12.9. The molecule has 0 aliphatic carbocycles. The topological polar surface area (TPSA) is 141 Å². The lowest BCUT2D eigenvalue weighted by atomic mass is 10.0. The number of carbonyl (C=O) groups excluding carboxylic acids is 3. The third-order valence-electron chi connectivity index (χ3n) is 6.63. The predicted octanol–water partition coefficient (Wildman–Crippen LogP) is 3.75. The molecule has 1 aliphatic rings. The predicted molar refractivity (Wildman–Crippen MR) is 145 cm³/mol. The van der Waals surface area contributed by atoms with Gasteiger partial charge in [-0.1, -0.05) is 13.8 Å². The Morgan fingerprint density at radius 1 is 1.11 bits per heavy atom. The van der Waals surface area contributed by atoms with Crippen LogP contribution in [-0.4, -0.2) is 64.9 Å². The smallest absolute Gasteiger partial charge is 0.311 e. The van der Waals surface area contributed by atoms with Gasteiger partial charge in [-0.15, -0.1) is 0 Å². The first-order chi connectivity index (χ1) is 18.1. The van der Waals surface area contributed by atoms with Gasteiger partial charge in [-0.25, -0.2) is 0 Å². The highest BCUT2D eigenvalue weighted by Gasteiger charge is 2.26. The standard InChI is InChI=1S/C28H36N4O6/c1-5-32(6-2)14-13-29-28(37)26-17(3)23(30-18(26)4)16-21-20-15-19(11-12-22(20)31-27(21)36)38-25(35)10-8-7-9-24(33)34/h11-12,15-16,30H,5-10,13-14H2,1-4H3,(H,29,37)(H,31,36)(H,33,34)/b21-16-. The summed E-state index contributed by atoms with van der Waals surface area (Å²) in [6, 6.07) is 4.89. The quantitative estimate of drug-likeness (QED) is 0.135. The van der Waals surface area contributed by atoms with Crippen LogP contribution in [0.25, 0.3) is 11.6 Å². The van der Waals surface area contributed by atoms with E-state index in [2.05, 4.69) is 34.4 Å². The summed E-state index contributed by atoms with van der Waals surface area (Å²) in [7, 11) is 0. The average molecular weight is 525 g/mol. The zero-order valence-electron chi connectivity index (χ0n) is 22.4. The Balaban J connectivity index is 1.74. The summed E-state index contributed by atoms with van der Waals surface area (Å²) >= 11 is 0. The summed E-state index contributed by atoms with van der Waals surface area (Å²) in [5, 5.41) is 14.5. The molecule has 10 heteroatoms. The number of benzene rings is 1. The van der Waals surface area contributed by atoms with E-state index >= 15 is 0 Å². The molecule has 2 aromatic rings. The van der Waals surface area contributed by atoms with Crippen molar-refractivity contribution in [3.05, 3.63) is 46.3 Å². The summed E-state index contributed by atoms with van der Waals surface area (Å²) < 4.78 is 5.41. The molecule has 2 amide bonds. The molecule has 1 aromatic heterocycles. The van der Waals surface area contributed by atoms with E-state index in [1.807, 2.05) is 13.8 Å². The van der Waals surface area contributed by atoms with Crippen molar-refractivity contribution in [2.45, 2.75) is 53.4 Å². The molecular weight excluding hydrogens is 488 g/mol. The number of hydrogen-bond donors (Lipinski definition) is 4. The van der Waals surface area contributed by atoms with Crippen molar-refractivity contribution >= 4 is 41.1 Å². The Morgan fingerprint density at radius 3 is 2.50 bits per heavy atom. The van der Waals surface area contributed by atoms with E-state index in [-0.39, 0.29) is 24.7 Å². The summed E-state index contributed by atoms with van der Waals surface area (Å²) in [6.07, 6.45) is 2.62. The monoisotopic (exact) mass is 524 g/mol. The molecule has 4 N–H and O–H groups in total. The molecule has 0 saturated carbocycles. The largest absolute Gasteiger partial charge is 0.481 e. The van der Waals surface area contributed by atoms with Crippen LogP contribution in [0.2, 0.25) is 0 Å². The minimum Gasteiger partial charge on any atom is -0.481 e. The minimum atomic E-state index is -0.899. The molecule has 0 bridgehead atoms. The van der Waals surface area contributed by atoms with Crippen molar-refractivity contribution < 1.29 is 29.0 Å². The number of fused-ring (bicyclic) bond motifs is 1. The van der Waals surface area contributed by atoms with Gasteiger partial charge in [0.15, 0.2) is 0 Å². The van der Waals surface area contributed by atoms with Crippen LogP contribution in [0.4, 0.5) is 5.69 Å². The summed E-state index contributed by atoms with van der Waals surface area (Å²) in [4.78, 5) is 53.9. The first-order valence-electron chi connectivity index (χ1n) is 12.9. The fraction of sp³-hybridized carbons (Fsp3) is 0.429. The molecule has 0 spiro atoms. The van der Waals surface area contributed by atoms with Crippen molar-refractivity contribution in [1.29, 1.82) is 0 Å². The van der Waals surface area contributed by atoms with Crippen LogP contribution in [0.5, 0.6) is 5.75 Å². The average Bonchev–Trinajstić information content (AvgIpc) is 3.33. The lowest BCUT2D eigenvalue weighted by molar-refractivity contribution is -0.138. The summed E-state index contributed by atoms with van der Waals surface area (Å²) in [5.74, 6) is -1.53. The van der Waals surface area contributed by atoms with Crippen molar-refractivity contribution in [1.82, 2.24) is 15.2 Å². The van der Waals surface area contributed by atoms with E-state index in [9.17, 15) is 19.2 Å². The van der Waals surface area contributed by atoms with Crippen LogP contribution >= 0.6 is 0 Å². The number of aromatic nitrogens is 1. The summed E-state index contributed by atoms with van der Waals surface area (Å²) in [6.45, 7) is 11.0. The number of likely N-dealkylation sites (N-methyl/N-ethyl adjacent to an activating group) is 1. The van der Waals surface area contributed by atoms with Crippen molar-refractivity contribution in [2.24, 2.45) is 0 Å². The molecule has 0 unspecified atom stereocenters. The van der Waals surface area contributed by atoms with Gasteiger partial charge in [-0.05, 0) is 69.6 Å². The molecule has 10 nitrogen and oxygen atoms in total. The number of aliphatic carboxylic acids is 1. The molecular formula is C28H36N4O6. The number of esters is 1. The molecule has 1 aromatic carbocycles. The maximum atomic E-state index is 12.9. The van der Waals surface area contributed by atoms with Gasteiger partial charge in [0.1, 0.15) is 5.75 Å². The lowest BCUT2D eigenvalue weighted by Crippen LogP contribution is -2.35. The van der Waals surface area contributed by atoms with Crippen LogP contribution in [0.1, 0.15) is 72.4 Å². The van der Waals surface area contributed by atoms with Gasteiger partial charge < -0.3 is 30.4 Å². The zero-order chi connectivity index (χ0) is 27.8. The van der Waals surface area contributed by atoms with E-state index in [0.717, 1.165) is 25.2 Å². The van der Waals surface area contributed by atoms with Gasteiger partial charge in [0, 0.05) is 48.6 Å². The Kier molecular flexibility index (Phi) is 9.84. The highest BCUT2D eigenvalue weighted by Crippen LogP contribution is 2.36. The Morgan fingerprint density at radius 2 is 1.82 bits per heavy atom. The fourth-order valence-electron chi connectivity index (χ4n) is 4.46. The van der Waals surface area contributed by atoms with E-state index < -0.39 is 11.9 Å². The van der Waals surface area contributed by atoms with Crippen molar-refractivity contribution in [3.63, 3.8) is 0 Å². The lowest BCUT2D eigenvalue weighted by Gasteiger charge is -2.18. The number of nitrogens with zero attached hydrogens (tertiary/aromatic N) is 1. The van der Waals surface area contributed by atoms with Gasteiger partial charge >= 0.3 is 11.9 Å². The Hall–Kier alpha value is -3.92. The molecule has 2 heterocycles. The second-order valence-electron chi connectivity index (χ2n) is 9.24. The van der Waals surface area contributed by atoms with Crippen LogP contribution in [0.3, 0.4) is 0 Å². The van der Waals surface area contributed by atoms with Crippen molar-refractivity contribution in [2.75, 3.05) is 31.5 Å². The molecule has 204 valence electrons. The number of rotatable bonds is 13. The number of unbranched alkanes of at least 4 members (excludes halogenated alkanes) is 1. The van der Waals surface area contributed by atoms with Gasteiger partial charge in [-0.2, -0.15) is 0 Å². The normalized spacial score (nSPS) is 13.5. The number of ether oxygens (including phenoxy) is 1. The molecule has 1 aliphatic heterocycles. The molecule has 0 radical (unpaired) electrons. The van der Waals surface area contributed by atoms with Crippen LogP contribution in [-0.2, 0) is 14.4 Å². The second-order valence-corrected chi connectivity index (χ2v) is 9.24. The first-order valence-corrected chi connectivity index (χ1v) is 12.9. The number of aromatic amines is 1. The minimum absolute atomic E-state index is 0.00534. The molecule has 38 heavy (non-hydrogen) atoms. The number of anilines is 1. The van der Waals surface area contributed by atoms with Crippen molar-refractivity contribution in [3.8, 4) is 5.75 Å². The van der Waals surface area contributed by atoms with Gasteiger partial charge in [0.2, 0.25) is 0 Å². The molecule has 3 rings (SSSR count). The number of nitrogens with one attached hydrogen (secondary N) is 3. The number of H-pyrrole nitrogens is 1. The second kappa shape index (κ2) is 13.0. The number of carboxylic acids is 1. The number of amides is 2. The van der Waals surface area contributed by atoms with Gasteiger partial charge in [0.05, 0.1) is 11.1 Å². The van der Waals surface area contributed by atoms with E-state index in [1.165, 1.54) is 0 Å². The van der Waals surface area contributed by atoms with Gasteiger partial charge in [0.25, 0.3) is 11.8 Å². The molecule has 0 saturated heterocycles. The van der Waals surface area contributed by atoms with E-state index in [1.54, 1.807) is 24.3 Å². The highest BCUT2D eigenvalue weighted by atomic mass is 16.5.